The van der Waals surface area contributed by atoms with Crippen molar-refractivity contribution in [3.8, 4) is 22.3 Å². The van der Waals surface area contributed by atoms with Crippen LogP contribution >= 0.6 is 11.6 Å². The largest absolute Gasteiger partial charge is 0.314 e. The summed E-state index contributed by atoms with van der Waals surface area (Å²) in [5.41, 5.74) is 10.9. The third kappa shape index (κ3) is 4.21. The lowest BCUT2D eigenvalue weighted by molar-refractivity contribution is 0.660. The Balaban J connectivity index is 1.71. The zero-order valence-electron chi connectivity index (χ0n) is 21.0. The van der Waals surface area contributed by atoms with Crippen LogP contribution in [0.15, 0.2) is 133 Å². The van der Waals surface area contributed by atoms with Crippen molar-refractivity contribution in [1.82, 2.24) is 0 Å². The molecule has 1 aliphatic carbocycles. The van der Waals surface area contributed by atoms with Crippen LogP contribution < -0.4 is 4.90 Å². The van der Waals surface area contributed by atoms with Crippen LogP contribution in [0.5, 0.6) is 0 Å². The summed E-state index contributed by atoms with van der Waals surface area (Å²) >= 11 is 6.28. The van der Waals surface area contributed by atoms with Crippen molar-refractivity contribution in [2.24, 2.45) is 0 Å². The van der Waals surface area contributed by atoms with E-state index >= 15 is 0 Å². The first kappa shape index (κ1) is 23.9. The minimum Gasteiger partial charge on any atom is -0.314 e. The van der Waals surface area contributed by atoms with Crippen LogP contribution in [-0.4, -0.2) is 0 Å². The van der Waals surface area contributed by atoms with E-state index in [0.29, 0.717) is 5.03 Å². The maximum Gasteiger partial charge on any atom is 0.0536 e. The van der Waals surface area contributed by atoms with E-state index in [1.165, 1.54) is 33.4 Å². The molecule has 0 aliphatic heterocycles. The lowest BCUT2D eigenvalue weighted by Crippen LogP contribution is -2.18. The molecule has 0 N–H and O–H groups in total. The van der Waals surface area contributed by atoms with Gasteiger partial charge in [-0.25, -0.2) is 0 Å². The van der Waals surface area contributed by atoms with Crippen LogP contribution in [0.4, 0.5) is 11.4 Å². The average molecular weight is 488 g/mol. The quantitative estimate of drug-likeness (QED) is 0.244. The van der Waals surface area contributed by atoms with E-state index in [1.807, 2.05) is 6.08 Å². The van der Waals surface area contributed by atoms with Crippen LogP contribution in [0, 0.1) is 0 Å². The van der Waals surface area contributed by atoms with Crippen molar-refractivity contribution < 1.29 is 0 Å². The number of hydrogen-bond acceptors (Lipinski definition) is 1. The second kappa shape index (κ2) is 9.68. The second-order valence-electron chi connectivity index (χ2n) is 9.68. The van der Waals surface area contributed by atoms with Crippen LogP contribution in [0.2, 0.25) is 0 Å². The third-order valence-corrected chi connectivity index (χ3v) is 7.37. The van der Waals surface area contributed by atoms with Gasteiger partial charge in [-0.15, -0.1) is 0 Å². The molecular weight excluding hydrogens is 458 g/mol. The molecule has 0 saturated carbocycles. The van der Waals surface area contributed by atoms with Gasteiger partial charge in [0.1, 0.15) is 0 Å². The lowest BCUT2D eigenvalue weighted by atomic mass is 9.82. The zero-order valence-corrected chi connectivity index (χ0v) is 21.8. The highest BCUT2D eigenvalue weighted by Gasteiger charge is 2.35. The Labute approximate surface area is 219 Å². The van der Waals surface area contributed by atoms with Crippen molar-refractivity contribution in [1.29, 1.82) is 0 Å². The summed E-state index contributed by atoms with van der Waals surface area (Å²) in [6, 6.07) is 34.7. The number of rotatable bonds is 6. The van der Waals surface area contributed by atoms with Crippen molar-refractivity contribution in [3.63, 3.8) is 0 Å². The first-order valence-corrected chi connectivity index (χ1v) is 12.6. The number of halogens is 1. The van der Waals surface area contributed by atoms with Gasteiger partial charge in [0.25, 0.3) is 0 Å². The fourth-order valence-electron chi connectivity index (χ4n) is 5.24. The first-order valence-electron chi connectivity index (χ1n) is 12.3. The first-order chi connectivity index (χ1) is 17.4. The molecule has 4 aromatic carbocycles. The van der Waals surface area contributed by atoms with E-state index in [-0.39, 0.29) is 5.41 Å². The second-order valence-corrected chi connectivity index (χ2v) is 10.1. The molecule has 1 aliphatic rings. The molecule has 0 saturated heterocycles. The Hall–Kier alpha value is -3.81. The van der Waals surface area contributed by atoms with Gasteiger partial charge in [-0.05, 0) is 65.1 Å². The Morgan fingerprint density at radius 3 is 2.14 bits per heavy atom. The standard InChI is InChI=1S/C34H30ClN/c1-5-26(35)20-19-24(2)36(33-18-12-10-15-28(33)25-13-7-6-8-14-25)27-21-22-30-29-16-9-11-17-31(29)34(3,4)32(30)23-27/h5-23H,1H2,2-4H3/b24-19+,26-20+. The third-order valence-electron chi connectivity index (χ3n) is 7.09. The average Bonchev–Trinajstić information content (AvgIpc) is 3.14. The van der Waals surface area contributed by atoms with Gasteiger partial charge in [-0.3, -0.25) is 0 Å². The normalized spacial score (nSPS) is 14.2. The summed E-state index contributed by atoms with van der Waals surface area (Å²) in [7, 11) is 0. The van der Waals surface area contributed by atoms with Gasteiger partial charge in [0, 0.05) is 27.4 Å². The van der Waals surface area contributed by atoms with Crippen LogP contribution in [0.3, 0.4) is 0 Å². The fourth-order valence-corrected chi connectivity index (χ4v) is 5.30. The van der Waals surface area contributed by atoms with E-state index in [0.717, 1.165) is 17.1 Å². The Kier molecular flexibility index (Phi) is 6.43. The lowest BCUT2D eigenvalue weighted by Gasteiger charge is -2.30. The molecule has 2 heteroatoms. The molecule has 0 radical (unpaired) electrons. The van der Waals surface area contributed by atoms with Crippen LogP contribution in [0.1, 0.15) is 31.9 Å². The monoisotopic (exact) mass is 487 g/mol. The van der Waals surface area contributed by atoms with E-state index in [9.17, 15) is 0 Å². The number of nitrogens with zero attached hydrogens (tertiary/aromatic N) is 1. The molecule has 0 unspecified atom stereocenters. The summed E-state index contributed by atoms with van der Waals surface area (Å²) in [5.74, 6) is 0. The van der Waals surface area contributed by atoms with E-state index in [2.05, 4.69) is 135 Å². The summed E-state index contributed by atoms with van der Waals surface area (Å²) in [6.45, 7) is 10.5. The predicted molar refractivity (Wildman–Crippen MR) is 156 cm³/mol. The molecule has 4 aromatic rings. The number of para-hydroxylation sites is 1. The van der Waals surface area contributed by atoms with Crippen LogP contribution in [0.25, 0.3) is 22.3 Å². The Morgan fingerprint density at radius 2 is 1.39 bits per heavy atom. The maximum absolute atomic E-state index is 6.28. The van der Waals surface area contributed by atoms with E-state index in [1.54, 1.807) is 6.08 Å². The van der Waals surface area contributed by atoms with Gasteiger partial charge in [-0.1, -0.05) is 117 Å². The van der Waals surface area contributed by atoms with Gasteiger partial charge in [0.05, 0.1) is 5.69 Å². The van der Waals surface area contributed by atoms with Gasteiger partial charge >= 0.3 is 0 Å². The molecular formula is C34H30ClN. The Morgan fingerprint density at radius 1 is 0.750 bits per heavy atom. The number of hydrogen-bond donors (Lipinski definition) is 0. The number of fused-ring (bicyclic) bond motifs is 3. The highest BCUT2D eigenvalue weighted by molar-refractivity contribution is 6.31. The summed E-state index contributed by atoms with van der Waals surface area (Å²) in [4.78, 5) is 2.32. The van der Waals surface area contributed by atoms with Crippen molar-refractivity contribution in [2.75, 3.05) is 4.90 Å². The molecule has 0 heterocycles. The van der Waals surface area contributed by atoms with Crippen molar-refractivity contribution >= 4 is 23.0 Å². The minimum absolute atomic E-state index is 0.0732. The summed E-state index contributed by atoms with van der Waals surface area (Å²) in [5, 5.41) is 0.608. The number of benzene rings is 4. The summed E-state index contributed by atoms with van der Waals surface area (Å²) in [6.07, 6.45) is 5.61. The number of anilines is 2. The van der Waals surface area contributed by atoms with Gasteiger partial charge < -0.3 is 4.90 Å². The highest BCUT2D eigenvalue weighted by atomic mass is 35.5. The topological polar surface area (TPSA) is 3.24 Å². The molecule has 178 valence electrons. The smallest absolute Gasteiger partial charge is 0.0536 e. The van der Waals surface area contributed by atoms with Gasteiger partial charge in [-0.2, -0.15) is 0 Å². The van der Waals surface area contributed by atoms with Crippen molar-refractivity contribution in [2.45, 2.75) is 26.2 Å². The van der Waals surface area contributed by atoms with Crippen molar-refractivity contribution in [3.05, 3.63) is 144 Å². The molecule has 0 spiro atoms. The molecule has 0 aromatic heterocycles. The predicted octanol–water partition coefficient (Wildman–Crippen LogP) is 10.0. The SMILES string of the molecule is C=C/C(Cl)=C\C=C(/C)N(c1ccc2c(c1)C(C)(C)c1ccccc1-2)c1ccccc1-c1ccccc1. The van der Waals surface area contributed by atoms with E-state index < -0.39 is 0 Å². The molecule has 0 fully saturated rings. The van der Waals surface area contributed by atoms with Gasteiger partial charge in [0.2, 0.25) is 0 Å². The molecule has 1 nitrogen and oxygen atoms in total. The maximum atomic E-state index is 6.28. The van der Waals surface area contributed by atoms with Gasteiger partial charge in [0.15, 0.2) is 0 Å². The molecule has 0 amide bonds. The fraction of sp³-hybridized carbons (Fsp3) is 0.118. The minimum atomic E-state index is -0.0732. The zero-order chi connectivity index (χ0) is 25.3. The summed E-state index contributed by atoms with van der Waals surface area (Å²) < 4.78 is 0. The molecule has 0 atom stereocenters. The van der Waals surface area contributed by atoms with E-state index in [4.69, 9.17) is 11.6 Å². The molecule has 5 rings (SSSR count). The Bertz CT molecular complexity index is 1490. The molecule has 36 heavy (non-hydrogen) atoms. The number of allylic oxidation sites excluding steroid dienone is 5. The van der Waals surface area contributed by atoms with Crippen LogP contribution in [-0.2, 0) is 5.41 Å². The molecule has 0 bridgehead atoms. The highest BCUT2D eigenvalue weighted by Crippen LogP contribution is 2.50.